The molecule has 1 aliphatic heterocycles. The monoisotopic (exact) mass is 367 g/mol. The predicted octanol–water partition coefficient (Wildman–Crippen LogP) is 3.42. The minimum atomic E-state index is -3.46. The molecule has 1 aliphatic rings. The first-order valence-corrected chi connectivity index (χ1v) is 10.2. The average Bonchev–Trinajstić information content (AvgIpc) is 2.98. The summed E-state index contributed by atoms with van der Waals surface area (Å²) < 4.78 is 37.4. The van der Waals surface area contributed by atoms with E-state index in [1.54, 1.807) is 6.08 Å². The van der Waals surface area contributed by atoms with E-state index < -0.39 is 16.1 Å². The maximum atomic E-state index is 12.5. The topological polar surface area (TPSA) is 65.5 Å². The molecule has 0 bridgehead atoms. The Morgan fingerprint density at radius 1 is 1.33 bits per heavy atom. The Balaban J connectivity index is 1.72. The molecule has 0 N–H and O–H groups in total. The third-order valence-corrected chi connectivity index (χ3v) is 6.86. The smallest absolute Gasteiger partial charge is 0.210 e. The molecule has 0 amide bonds. The minimum Gasteiger partial charge on any atom is -0.348 e. The second-order valence-corrected chi connectivity index (χ2v) is 10.0. The Kier molecular flexibility index (Phi) is 4.79. The van der Waals surface area contributed by atoms with Crippen LogP contribution in [0.5, 0.6) is 0 Å². The Morgan fingerprint density at radius 2 is 2.00 bits per heavy atom. The van der Waals surface area contributed by atoms with Gasteiger partial charge in [-0.25, -0.2) is 13.4 Å². The van der Waals surface area contributed by atoms with Crippen LogP contribution in [0.1, 0.15) is 20.8 Å². The zero-order valence-corrected chi connectivity index (χ0v) is 15.6. The van der Waals surface area contributed by atoms with Crippen LogP contribution >= 0.6 is 11.3 Å². The van der Waals surface area contributed by atoms with Gasteiger partial charge in [0.15, 0.2) is 6.29 Å². The molecule has 3 rings (SSSR count). The minimum absolute atomic E-state index is 0.0101. The van der Waals surface area contributed by atoms with Gasteiger partial charge >= 0.3 is 0 Å². The van der Waals surface area contributed by atoms with Crippen LogP contribution in [0.4, 0.5) is 0 Å². The SMILES string of the molecule is C/C(=C/CS(=O)(=O)c1nc2ccccc2s1)C1OCC(C)(C)CO1. The Hall–Kier alpha value is -1.28. The van der Waals surface area contributed by atoms with Crippen LogP contribution in [0.2, 0.25) is 0 Å². The van der Waals surface area contributed by atoms with Crippen LogP contribution in [0.3, 0.4) is 0 Å². The van der Waals surface area contributed by atoms with Crippen molar-refractivity contribution in [2.24, 2.45) is 5.41 Å². The molecule has 0 radical (unpaired) electrons. The van der Waals surface area contributed by atoms with Gasteiger partial charge in [-0.05, 0) is 24.6 Å². The first-order chi connectivity index (χ1) is 11.3. The van der Waals surface area contributed by atoms with Crippen molar-refractivity contribution < 1.29 is 17.9 Å². The van der Waals surface area contributed by atoms with Crippen LogP contribution in [-0.2, 0) is 19.3 Å². The first-order valence-electron chi connectivity index (χ1n) is 7.75. The molecule has 2 aromatic rings. The van der Waals surface area contributed by atoms with Gasteiger partial charge in [0, 0.05) is 5.41 Å². The summed E-state index contributed by atoms with van der Waals surface area (Å²) >= 11 is 1.20. The van der Waals surface area contributed by atoms with E-state index in [0.29, 0.717) is 18.7 Å². The lowest BCUT2D eigenvalue weighted by atomic mass is 9.95. The summed E-state index contributed by atoms with van der Waals surface area (Å²) in [5.41, 5.74) is 1.47. The molecule has 1 fully saturated rings. The van der Waals surface area contributed by atoms with Gasteiger partial charge in [0.2, 0.25) is 14.2 Å². The van der Waals surface area contributed by atoms with Crippen molar-refractivity contribution in [1.82, 2.24) is 4.98 Å². The fourth-order valence-electron chi connectivity index (χ4n) is 2.35. The molecule has 1 aromatic carbocycles. The highest BCUT2D eigenvalue weighted by atomic mass is 32.2. The van der Waals surface area contributed by atoms with Crippen molar-refractivity contribution in [3.8, 4) is 0 Å². The number of fused-ring (bicyclic) bond motifs is 1. The summed E-state index contributed by atoms with van der Waals surface area (Å²) in [5, 5.41) is 0. The lowest BCUT2D eigenvalue weighted by Crippen LogP contribution is -2.38. The molecule has 1 saturated heterocycles. The molecule has 1 aromatic heterocycles. The fourth-order valence-corrected chi connectivity index (χ4v) is 4.89. The zero-order valence-electron chi connectivity index (χ0n) is 14.0. The molecule has 0 saturated carbocycles. The number of nitrogens with zero attached hydrogens (tertiary/aromatic N) is 1. The summed E-state index contributed by atoms with van der Waals surface area (Å²) in [5.74, 6) is -0.106. The van der Waals surface area contributed by atoms with E-state index in [1.807, 2.05) is 31.2 Å². The number of thiazole rings is 1. The molecule has 24 heavy (non-hydrogen) atoms. The number of benzene rings is 1. The zero-order chi connectivity index (χ0) is 17.4. The molecule has 0 atom stereocenters. The number of aromatic nitrogens is 1. The van der Waals surface area contributed by atoms with E-state index in [2.05, 4.69) is 18.8 Å². The van der Waals surface area contributed by atoms with E-state index in [-0.39, 0.29) is 15.5 Å². The third kappa shape index (κ3) is 3.85. The largest absolute Gasteiger partial charge is 0.348 e. The number of ether oxygens (including phenoxy) is 2. The predicted molar refractivity (Wildman–Crippen MR) is 94.9 cm³/mol. The summed E-state index contributed by atoms with van der Waals surface area (Å²) in [6.07, 6.45) is 1.19. The van der Waals surface area contributed by atoms with E-state index in [4.69, 9.17) is 9.47 Å². The summed E-state index contributed by atoms with van der Waals surface area (Å²) in [6, 6.07) is 7.41. The van der Waals surface area contributed by atoms with Crippen molar-refractivity contribution in [2.75, 3.05) is 19.0 Å². The molecular formula is C17H21NO4S2. The lowest BCUT2D eigenvalue weighted by molar-refractivity contribution is -0.202. The molecule has 5 nitrogen and oxygen atoms in total. The highest BCUT2D eigenvalue weighted by Gasteiger charge is 2.29. The van der Waals surface area contributed by atoms with Gasteiger partial charge in [-0.3, -0.25) is 0 Å². The first kappa shape index (κ1) is 17.5. The van der Waals surface area contributed by atoms with Crippen LogP contribution < -0.4 is 0 Å². The standard InChI is InChI=1S/C17H21NO4S2/c1-12(15-21-10-17(2,3)11-22-15)8-9-24(19,20)16-18-13-6-4-5-7-14(13)23-16/h4-8,15H,9-11H2,1-3H3/b12-8-. The van der Waals surface area contributed by atoms with E-state index >= 15 is 0 Å². The molecule has 0 unspecified atom stereocenters. The molecule has 7 heteroatoms. The quantitative estimate of drug-likeness (QED) is 0.775. The molecule has 0 aliphatic carbocycles. The Labute approximate surface area is 146 Å². The number of sulfone groups is 1. The van der Waals surface area contributed by atoms with Crippen molar-refractivity contribution >= 4 is 31.4 Å². The van der Waals surface area contributed by atoms with E-state index in [9.17, 15) is 8.42 Å². The van der Waals surface area contributed by atoms with Crippen LogP contribution in [-0.4, -0.2) is 38.7 Å². The van der Waals surface area contributed by atoms with Crippen molar-refractivity contribution in [2.45, 2.75) is 31.4 Å². The number of hydrogen-bond acceptors (Lipinski definition) is 6. The fraction of sp³-hybridized carbons (Fsp3) is 0.471. The molecular weight excluding hydrogens is 346 g/mol. The number of rotatable bonds is 4. The normalized spacial score (nSPS) is 19.7. The molecule has 2 heterocycles. The van der Waals surface area contributed by atoms with Gasteiger partial charge in [0.05, 0.1) is 29.2 Å². The van der Waals surface area contributed by atoms with Gasteiger partial charge < -0.3 is 9.47 Å². The second-order valence-electron chi connectivity index (χ2n) is 6.80. The van der Waals surface area contributed by atoms with Gasteiger partial charge in [-0.2, -0.15) is 0 Å². The lowest BCUT2D eigenvalue weighted by Gasteiger charge is -2.34. The summed E-state index contributed by atoms with van der Waals surface area (Å²) in [7, 11) is -3.46. The Bertz CT molecular complexity index is 825. The highest BCUT2D eigenvalue weighted by molar-refractivity contribution is 7.93. The second kappa shape index (κ2) is 6.55. The Morgan fingerprint density at radius 3 is 2.67 bits per heavy atom. The molecule has 130 valence electrons. The summed E-state index contributed by atoms with van der Waals surface area (Å²) in [4.78, 5) is 4.23. The van der Waals surface area contributed by atoms with Gasteiger partial charge in [0.25, 0.3) is 0 Å². The maximum Gasteiger partial charge on any atom is 0.210 e. The van der Waals surface area contributed by atoms with E-state index in [1.165, 1.54) is 11.3 Å². The van der Waals surface area contributed by atoms with Gasteiger partial charge in [-0.1, -0.05) is 32.1 Å². The van der Waals surface area contributed by atoms with Gasteiger partial charge in [-0.15, -0.1) is 11.3 Å². The summed E-state index contributed by atoms with van der Waals surface area (Å²) in [6.45, 7) is 7.15. The van der Waals surface area contributed by atoms with Crippen LogP contribution in [0, 0.1) is 5.41 Å². The van der Waals surface area contributed by atoms with E-state index in [0.717, 1.165) is 10.3 Å². The van der Waals surface area contributed by atoms with Crippen molar-refractivity contribution in [1.29, 1.82) is 0 Å². The average molecular weight is 367 g/mol. The van der Waals surface area contributed by atoms with Gasteiger partial charge in [0.1, 0.15) is 0 Å². The van der Waals surface area contributed by atoms with Crippen LogP contribution in [0.25, 0.3) is 10.2 Å². The maximum absolute atomic E-state index is 12.5. The number of hydrogen-bond donors (Lipinski definition) is 0. The number of para-hydroxylation sites is 1. The highest BCUT2D eigenvalue weighted by Crippen LogP contribution is 2.28. The third-order valence-electron chi connectivity index (χ3n) is 3.79. The van der Waals surface area contributed by atoms with Crippen molar-refractivity contribution in [3.05, 3.63) is 35.9 Å². The van der Waals surface area contributed by atoms with Crippen molar-refractivity contribution in [3.63, 3.8) is 0 Å². The van der Waals surface area contributed by atoms with Crippen LogP contribution in [0.15, 0.2) is 40.3 Å². The molecule has 0 spiro atoms.